The fourth-order valence-electron chi connectivity index (χ4n) is 1.56. The van der Waals surface area contributed by atoms with Crippen LogP contribution in [0, 0.1) is 0 Å². The Kier molecular flexibility index (Phi) is 3.03. The monoisotopic (exact) mass is 256 g/mol. The molecule has 1 heterocycles. The number of nitrogens with two attached hydrogens (primary N) is 1. The lowest BCUT2D eigenvalue weighted by atomic mass is 10.2. The highest BCUT2D eigenvalue weighted by atomic mass is 32.2. The number of sulfonamides is 1. The fraction of sp³-hybridized carbons (Fsp3) is 0.300. The Labute approximate surface area is 99.1 Å². The molecule has 1 aliphatic heterocycles. The van der Waals surface area contributed by atoms with Crippen molar-refractivity contribution in [2.45, 2.75) is 4.90 Å². The molecule has 2 rings (SSSR count). The zero-order valence-electron chi connectivity index (χ0n) is 9.21. The molecule has 1 aromatic carbocycles. The number of hydrogen-bond donors (Lipinski definition) is 1. The maximum absolute atomic E-state index is 11.6. The number of nitrogens with zero attached hydrogens (tertiary/aromatic N) is 1. The van der Waals surface area contributed by atoms with E-state index >= 15 is 0 Å². The molecule has 1 aliphatic rings. The van der Waals surface area contributed by atoms with Crippen molar-refractivity contribution in [3.8, 4) is 5.75 Å². The van der Waals surface area contributed by atoms with E-state index in [4.69, 9.17) is 15.2 Å². The molecule has 0 saturated carbocycles. The van der Waals surface area contributed by atoms with Crippen molar-refractivity contribution in [3.63, 3.8) is 0 Å². The van der Waals surface area contributed by atoms with Gasteiger partial charge in [0, 0.05) is 7.11 Å². The predicted octanol–water partition coefficient (Wildman–Crippen LogP) is 0.119. The first-order valence-corrected chi connectivity index (χ1v) is 6.36. The van der Waals surface area contributed by atoms with Gasteiger partial charge in [-0.05, 0) is 12.1 Å². The molecule has 1 aromatic rings. The molecule has 2 N–H and O–H groups in total. The van der Waals surface area contributed by atoms with Crippen LogP contribution in [0.4, 0.5) is 0 Å². The van der Waals surface area contributed by atoms with Crippen LogP contribution in [0.3, 0.4) is 0 Å². The summed E-state index contributed by atoms with van der Waals surface area (Å²) in [5.41, 5.74) is 5.92. The number of methoxy groups -OCH3 is 1. The van der Waals surface area contributed by atoms with E-state index in [9.17, 15) is 8.42 Å². The Morgan fingerprint density at radius 2 is 2.12 bits per heavy atom. The predicted molar refractivity (Wildman–Crippen MR) is 61.7 cm³/mol. The molecule has 17 heavy (non-hydrogen) atoms. The Hall–Kier alpha value is -1.60. The van der Waals surface area contributed by atoms with Crippen molar-refractivity contribution in [2.24, 2.45) is 10.1 Å². The van der Waals surface area contributed by atoms with Crippen LogP contribution in [0.1, 0.15) is 5.56 Å². The second kappa shape index (κ2) is 4.34. The zero-order valence-corrected chi connectivity index (χ0v) is 10.0. The van der Waals surface area contributed by atoms with E-state index < -0.39 is 10.0 Å². The van der Waals surface area contributed by atoms with E-state index in [2.05, 4.69) is 4.40 Å². The van der Waals surface area contributed by atoms with Gasteiger partial charge in [0.15, 0.2) is 0 Å². The summed E-state index contributed by atoms with van der Waals surface area (Å²) in [7, 11) is -2.10. The van der Waals surface area contributed by atoms with Gasteiger partial charge >= 0.3 is 0 Å². The summed E-state index contributed by atoms with van der Waals surface area (Å²) in [6.07, 6.45) is 0. The molecule has 0 aromatic heterocycles. The van der Waals surface area contributed by atoms with Gasteiger partial charge in [0.25, 0.3) is 10.0 Å². The summed E-state index contributed by atoms with van der Waals surface area (Å²) in [6.45, 7) is 0.730. The third-order valence-corrected chi connectivity index (χ3v) is 3.62. The Morgan fingerprint density at radius 3 is 2.82 bits per heavy atom. The van der Waals surface area contributed by atoms with E-state index in [0.717, 1.165) is 0 Å². The van der Waals surface area contributed by atoms with Crippen LogP contribution in [0.5, 0.6) is 5.75 Å². The van der Waals surface area contributed by atoms with E-state index in [1.165, 1.54) is 6.07 Å². The van der Waals surface area contributed by atoms with Crippen molar-refractivity contribution in [2.75, 3.05) is 20.3 Å². The molecule has 0 atom stereocenters. The van der Waals surface area contributed by atoms with Crippen LogP contribution in [-0.2, 0) is 14.8 Å². The molecule has 0 bridgehead atoms. The minimum Gasteiger partial charge on any atom is -0.490 e. The standard InChI is InChI=1S/C10H12N2O4S/c1-15-5-6-16-7-3-2-4-8-9(7)10(11)12-17(8,13)14/h2-4H,5-6H2,1H3,(H2,11,12). The van der Waals surface area contributed by atoms with Crippen LogP contribution in [0.25, 0.3) is 0 Å². The minimum atomic E-state index is -3.66. The average molecular weight is 256 g/mol. The van der Waals surface area contributed by atoms with Gasteiger partial charge in [-0.25, -0.2) is 0 Å². The molecule has 0 unspecified atom stereocenters. The lowest BCUT2D eigenvalue weighted by molar-refractivity contribution is 0.146. The zero-order chi connectivity index (χ0) is 12.5. The van der Waals surface area contributed by atoms with Crippen LogP contribution in [-0.4, -0.2) is 34.6 Å². The van der Waals surface area contributed by atoms with E-state index in [1.807, 2.05) is 0 Å². The summed E-state index contributed by atoms with van der Waals surface area (Å²) >= 11 is 0. The highest BCUT2D eigenvalue weighted by Gasteiger charge is 2.30. The second-order valence-electron chi connectivity index (χ2n) is 3.42. The van der Waals surface area contributed by atoms with Crippen molar-refractivity contribution in [1.82, 2.24) is 0 Å². The highest BCUT2D eigenvalue weighted by Crippen LogP contribution is 2.31. The van der Waals surface area contributed by atoms with E-state index in [-0.39, 0.29) is 10.7 Å². The number of amidine groups is 1. The number of fused-ring (bicyclic) bond motifs is 1. The number of hydrogen-bond acceptors (Lipinski definition) is 5. The molecular formula is C10H12N2O4S. The van der Waals surface area contributed by atoms with Gasteiger partial charge in [-0.15, -0.1) is 4.40 Å². The number of rotatable bonds is 4. The van der Waals surface area contributed by atoms with Crippen molar-refractivity contribution >= 4 is 15.9 Å². The molecule has 7 heteroatoms. The normalized spacial score (nSPS) is 16.4. The van der Waals surface area contributed by atoms with Gasteiger partial charge in [-0.1, -0.05) is 6.07 Å². The molecule has 6 nitrogen and oxygen atoms in total. The van der Waals surface area contributed by atoms with Gasteiger partial charge in [-0.3, -0.25) is 0 Å². The lowest BCUT2D eigenvalue weighted by Gasteiger charge is -2.09. The molecule has 92 valence electrons. The molecular weight excluding hydrogens is 244 g/mol. The Balaban J connectivity index is 2.39. The van der Waals surface area contributed by atoms with Crippen LogP contribution in [0.2, 0.25) is 0 Å². The molecule has 0 aliphatic carbocycles. The third kappa shape index (κ3) is 2.11. The van der Waals surface area contributed by atoms with Crippen molar-refractivity contribution in [3.05, 3.63) is 23.8 Å². The molecule has 0 amide bonds. The van der Waals surface area contributed by atoms with Crippen molar-refractivity contribution in [1.29, 1.82) is 0 Å². The molecule has 0 spiro atoms. The van der Waals surface area contributed by atoms with Crippen molar-refractivity contribution < 1.29 is 17.9 Å². The van der Waals surface area contributed by atoms with E-state index in [1.54, 1.807) is 19.2 Å². The van der Waals surface area contributed by atoms with Gasteiger partial charge in [0.05, 0.1) is 12.2 Å². The van der Waals surface area contributed by atoms with Gasteiger partial charge in [0.2, 0.25) is 0 Å². The molecule has 0 radical (unpaired) electrons. The fourth-order valence-corrected chi connectivity index (χ4v) is 2.72. The largest absolute Gasteiger partial charge is 0.490 e. The first-order chi connectivity index (χ1) is 8.06. The summed E-state index contributed by atoms with van der Waals surface area (Å²) < 4.78 is 36.9. The highest BCUT2D eigenvalue weighted by molar-refractivity contribution is 7.90. The average Bonchev–Trinajstić information content (AvgIpc) is 2.51. The summed E-state index contributed by atoms with van der Waals surface area (Å²) in [6, 6.07) is 4.70. The maximum atomic E-state index is 11.6. The Morgan fingerprint density at radius 1 is 1.35 bits per heavy atom. The SMILES string of the molecule is COCCOc1cccc2c1C(N)=NS2(=O)=O. The van der Waals surface area contributed by atoms with Gasteiger partial charge in [-0.2, -0.15) is 8.42 Å². The number of benzene rings is 1. The van der Waals surface area contributed by atoms with E-state index in [0.29, 0.717) is 24.5 Å². The third-order valence-electron chi connectivity index (χ3n) is 2.29. The van der Waals surface area contributed by atoms with Crippen LogP contribution in [0.15, 0.2) is 27.5 Å². The quantitative estimate of drug-likeness (QED) is 0.772. The summed E-state index contributed by atoms with van der Waals surface area (Å²) in [5, 5.41) is 0. The summed E-state index contributed by atoms with van der Waals surface area (Å²) in [4.78, 5) is 0.0879. The topological polar surface area (TPSA) is 91.0 Å². The molecule has 0 fully saturated rings. The van der Waals surface area contributed by atoms with Gasteiger partial charge in [0.1, 0.15) is 23.1 Å². The maximum Gasteiger partial charge on any atom is 0.285 e. The van der Waals surface area contributed by atoms with Crippen LogP contribution < -0.4 is 10.5 Å². The Bertz CT molecular complexity index is 566. The minimum absolute atomic E-state index is 0.0342. The number of ether oxygens (including phenoxy) is 2. The molecule has 0 saturated heterocycles. The second-order valence-corrected chi connectivity index (χ2v) is 4.99. The lowest BCUT2D eigenvalue weighted by Crippen LogP contribution is -2.14. The first kappa shape index (κ1) is 11.9. The smallest absolute Gasteiger partial charge is 0.285 e. The van der Waals surface area contributed by atoms with Gasteiger partial charge < -0.3 is 15.2 Å². The van der Waals surface area contributed by atoms with Crippen LogP contribution >= 0.6 is 0 Å². The summed E-state index contributed by atoms with van der Waals surface area (Å²) in [5.74, 6) is 0.370. The first-order valence-electron chi connectivity index (χ1n) is 4.92.